The molecule has 5 heteroatoms. The van der Waals surface area contributed by atoms with Gasteiger partial charge in [0.2, 0.25) is 0 Å². The van der Waals surface area contributed by atoms with Gasteiger partial charge in [-0.25, -0.2) is 15.0 Å². The lowest BCUT2D eigenvalue weighted by Gasteiger charge is -2.36. The molecule has 2 aliphatic carbocycles. The fraction of sp³-hybridized carbons (Fsp3) is 0.133. The molecule has 0 bridgehead atoms. The van der Waals surface area contributed by atoms with Gasteiger partial charge in [0.15, 0.2) is 17.5 Å². The Balaban J connectivity index is 1.13. The number of pyridine rings is 1. The standard InChI is InChI=1S/C45H33N5/c46-28-30-14-21-40-39(25-30)38-20-19-35(27-41(38)45(40)22-5-2-6-23-45)34-11-7-12-36(26-34)44-49-42(32-9-3-1-4-10-32)48-43(50-44)33-17-15-31(16-18-33)37-13-8-24-47-29-37/h1,3-4,7-21,24-27,29H,2,5-6,22-23H2. The van der Waals surface area contributed by atoms with Gasteiger partial charge in [0.05, 0.1) is 11.6 Å². The van der Waals surface area contributed by atoms with E-state index in [2.05, 4.69) is 96.0 Å². The topological polar surface area (TPSA) is 75.3 Å². The van der Waals surface area contributed by atoms with Gasteiger partial charge in [0.25, 0.3) is 0 Å². The summed E-state index contributed by atoms with van der Waals surface area (Å²) >= 11 is 0. The van der Waals surface area contributed by atoms with E-state index < -0.39 is 0 Å². The Labute approximate surface area is 292 Å². The van der Waals surface area contributed by atoms with E-state index in [0.717, 1.165) is 51.8 Å². The zero-order valence-corrected chi connectivity index (χ0v) is 27.6. The lowest BCUT2D eigenvalue weighted by molar-refractivity contribution is 0.353. The first-order chi connectivity index (χ1) is 24.7. The predicted octanol–water partition coefficient (Wildman–Crippen LogP) is 10.7. The zero-order valence-electron chi connectivity index (χ0n) is 27.6. The van der Waals surface area contributed by atoms with Crippen molar-refractivity contribution < 1.29 is 0 Å². The third kappa shape index (κ3) is 5.17. The maximum atomic E-state index is 9.68. The van der Waals surface area contributed by atoms with Crippen molar-refractivity contribution in [2.45, 2.75) is 37.5 Å². The average molecular weight is 644 g/mol. The summed E-state index contributed by atoms with van der Waals surface area (Å²) in [5, 5.41) is 9.68. The van der Waals surface area contributed by atoms with Gasteiger partial charge in [0, 0.05) is 34.5 Å². The Kier molecular flexibility index (Phi) is 7.36. The number of fused-ring (bicyclic) bond motifs is 5. The molecule has 2 heterocycles. The molecule has 1 saturated carbocycles. The second-order valence-corrected chi connectivity index (χ2v) is 13.3. The van der Waals surface area contributed by atoms with Crippen LogP contribution in [0, 0.1) is 11.3 Å². The third-order valence-corrected chi connectivity index (χ3v) is 10.5. The van der Waals surface area contributed by atoms with Crippen LogP contribution in [0.5, 0.6) is 0 Å². The van der Waals surface area contributed by atoms with E-state index in [9.17, 15) is 5.26 Å². The van der Waals surface area contributed by atoms with Crippen LogP contribution in [0.15, 0.2) is 140 Å². The highest BCUT2D eigenvalue weighted by atomic mass is 15.0. The van der Waals surface area contributed by atoms with Gasteiger partial charge in [-0.2, -0.15) is 5.26 Å². The van der Waals surface area contributed by atoms with E-state index in [4.69, 9.17) is 15.0 Å². The van der Waals surface area contributed by atoms with Crippen molar-refractivity contribution in [2.75, 3.05) is 0 Å². The largest absolute Gasteiger partial charge is 0.264 e. The van der Waals surface area contributed by atoms with Crippen molar-refractivity contribution in [1.29, 1.82) is 5.26 Å². The van der Waals surface area contributed by atoms with Crippen LogP contribution in [-0.2, 0) is 5.41 Å². The van der Waals surface area contributed by atoms with Crippen molar-refractivity contribution in [3.05, 3.63) is 156 Å². The summed E-state index contributed by atoms with van der Waals surface area (Å²) in [6.07, 6.45) is 9.65. The summed E-state index contributed by atoms with van der Waals surface area (Å²) in [6.45, 7) is 0. The minimum Gasteiger partial charge on any atom is -0.264 e. The molecule has 238 valence electrons. The molecule has 2 aromatic heterocycles. The van der Waals surface area contributed by atoms with E-state index >= 15 is 0 Å². The van der Waals surface area contributed by atoms with Crippen LogP contribution >= 0.6 is 0 Å². The van der Waals surface area contributed by atoms with Crippen LogP contribution in [0.25, 0.3) is 67.5 Å². The van der Waals surface area contributed by atoms with E-state index in [0.29, 0.717) is 17.5 Å². The Morgan fingerprint density at radius 1 is 0.480 bits per heavy atom. The van der Waals surface area contributed by atoms with Crippen molar-refractivity contribution in [2.24, 2.45) is 0 Å². The van der Waals surface area contributed by atoms with Crippen molar-refractivity contribution in [3.8, 4) is 73.6 Å². The Bertz CT molecular complexity index is 2400. The zero-order chi connectivity index (χ0) is 33.5. The molecular weight excluding hydrogens is 611 g/mol. The number of nitriles is 1. The molecule has 0 amide bonds. The number of hydrogen-bond acceptors (Lipinski definition) is 5. The van der Waals surface area contributed by atoms with Gasteiger partial charge in [-0.05, 0) is 87.7 Å². The van der Waals surface area contributed by atoms with Gasteiger partial charge in [-0.3, -0.25) is 4.98 Å². The van der Waals surface area contributed by atoms with E-state index in [1.165, 1.54) is 47.1 Å². The highest BCUT2D eigenvalue weighted by Gasteiger charge is 2.43. The van der Waals surface area contributed by atoms with Crippen molar-refractivity contribution in [1.82, 2.24) is 19.9 Å². The molecule has 5 nitrogen and oxygen atoms in total. The molecule has 0 unspecified atom stereocenters. The molecule has 0 saturated heterocycles. The molecule has 0 N–H and O–H groups in total. The Morgan fingerprint density at radius 3 is 1.86 bits per heavy atom. The van der Waals surface area contributed by atoms with Crippen LogP contribution in [-0.4, -0.2) is 19.9 Å². The summed E-state index contributed by atoms with van der Waals surface area (Å²) in [4.78, 5) is 19.3. The molecule has 1 fully saturated rings. The van der Waals surface area contributed by atoms with Crippen molar-refractivity contribution in [3.63, 3.8) is 0 Å². The lowest BCUT2D eigenvalue weighted by Crippen LogP contribution is -2.28. The van der Waals surface area contributed by atoms with Gasteiger partial charge in [0.1, 0.15) is 0 Å². The second kappa shape index (κ2) is 12.3. The van der Waals surface area contributed by atoms with Crippen LogP contribution in [0.3, 0.4) is 0 Å². The molecule has 7 aromatic rings. The van der Waals surface area contributed by atoms with E-state index in [1.54, 1.807) is 6.20 Å². The monoisotopic (exact) mass is 643 g/mol. The molecule has 5 aromatic carbocycles. The minimum absolute atomic E-state index is 0.00475. The van der Waals surface area contributed by atoms with Gasteiger partial charge in [-0.1, -0.05) is 116 Å². The third-order valence-electron chi connectivity index (χ3n) is 10.5. The van der Waals surface area contributed by atoms with Crippen LogP contribution in [0.1, 0.15) is 48.8 Å². The normalized spacial score (nSPS) is 14.1. The number of nitrogens with zero attached hydrogens (tertiary/aromatic N) is 5. The fourth-order valence-electron chi connectivity index (χ4n) is 7.98. The first-order valence-electron chi connectivity index (χ1n) is 17.3. The Morgan fingerprint density at radius 2 is 1.12 bits per heavy atom. The van der Waals surface area contributed by atoms with Crippen molar-refractivity contribution >= 4 is 0 Å². The van der Waals surface area contributed by atoms with Gasteiger partial charge in [-0.15, -0.1) is 0 Å². The maximum Gasteiger partial charge on any atom is 0.164 e. The van der Waals surface area contributed by atoms with Crippen LogP contribution in [0.4, 0.5) is 0 Å². The summed E-state index contributed by atoms with van der Waals surface area (Å²) in [5.74, 6) is 1.90. The summed E-state index contributed by atoms with van der Waals surface area (Å²) in [7, 11) is 0. The highest BCUT2D eigenvalue weighted by Crippen LogP contribution is 2.56. The number of hydrogen-bond donors (Lipinski definition) is 0. The minimum atomic E-state index is 0.00475. The first-order valence-corrected chi connectivity index (χ1v) is 17.3. The molecule has 2 aliphatic rings. The first kappa shape index (κ1) is 29.9. The lowest BCUT2D eigenvalue weighted by atomic mass is 9.67. The quantitative estimate of drug-likeness (QED) is 0.187. The summed E-state index contributed by atoms with van der Waals surface area (Å²) < 4.78 is 0. The van der Waals surface area contributed by atoms with Crippen LogP contribution < -0.4 is 0 Å². The molecule has 0 atom stereocenters. The SMILES string of the molecule is N#Cc1ccc2c(c1)-c1ccc(-c3cccc(-c4nc(-c5ccccc5)nc(-c5ccc(-c6cccnc6)cc5)n4)c3)cc1C21CCCCC1. The summed E-state index contributed by atoms with van der Waals surface area (Å²) in [6, 6.07) is 46.5. The number of rotatable bonds is 5. The second-order valence-electron chi connectivity index (χ2n) is 13.3. The molecule has 0 radical (unpaired) electrons. The summed E-state index contributed by atoms with van der Waals surface area (Å²) in [5.41, 5.74) is 13.2. The smallest absolute Gasteiger partial charge is 0.164 e. The fourth-order valence-corrected chi connectivity index (χ4v) is 7.98. The maximum absolute atomic E-state index is 9.68. The predicted molar refractivity (Wildman–Crippen MR) is 199 cm³/mol. The molecule has 0 aliphatic heterocycles. The molecular formula is C45H33N5. The molecule has 50 heavy (non-hydrogen) atoms. The van der Waals surface area contributed by atoms with E-state index in [-0.39, 0.29) is 5.41 Å². The van der Waals surface area contributed by atoms with Gasteiger partial charge >= 0.3 is 0 Å². The van der Waals surface area contributed by atoms with Gasteiger partial charge < -0.3 is 0 Å². The molecule has 1 spiro atoms. The molecule has 9 rings (SSSR count). The van der Waals surface area contributed by atoms with Crippen LogP contribution in [0.2, 0.25) is 0 Å². The van der Waals surface area contributed by atoms with E-state index in [1.807, 2.05) is 48.7 Å². The average Bonchev–Trinajstić information content (AvgIpc) is 3.45. The highest BCUT2D eigenvalue weighted by molar-refractivity contribution is 5.85. The number of benzene rings is 5. The number of aromatic nitrogens is 4. The Hall–Kier alpha value is -6.25.